The van der Waals surface area contributed by atoms with E-state index in [1.54, 1.807) is 0 Å². The Bertz CT molecular complexity index is 211. The predicted molar refractivity (Wildman–Crippen MR) is 30.8 cm³/mol. The molecular weight excluding hydrogens is 148 g/mol. The third kappa shape index (κ3) is 0.751. The number of rotatable bonds is 2. The second-order valence-corrected chi connectivity index (χ2v) is 3.42. The summed E-state index contributed by atoms with van der Waals surface area (Å²) >= 11 is 0. The van der Waals surface area contributed by atoms with Crippen molar-refractivity contribution in [2.45, 2.75) is 20.3 Å². The van der Waals surface area contributed by atoms with Crippen LogP contribution in [0.2, 0.25) is 0 Å². The van der Waals surface area contributed by atoms with Crippen molar-refractivity contribution in [3.8, 4) is 0 Å². The van der Waals surface area contributed by atoms with Crippen molar-refractivity contribution >= 4 is 11.9 Å². The summed E-state index contributed by atoms with van der Waals surface area (Å²) in [5.41, 5.74) is -2.46. The fourth-order valence-electron chi connectivity index (χ4n) is 1.26. The fourth-order valence-corrected chi connectivity index (χ4v) is 1.26. The number of carboxylic acids is 2. The van der Waals surface area contributed by atoms with Gasteiger partial charge in [0.2, 0.25) is 0 Å². The molecule has 0 aliphatic heterocycles. The summed E-state index contributed by atoms with van der Waals surface area (Å²) in [6.45, 7) is 2.72. The van der Waals surface area contributed by atoms with Crippen LogP contribution in [0.1, 0.15) is 20.3 Å². The maximum absolute atomic E-state index is 10.4. The summed E-state index contributed by atoms with van der Waals surface area (Å²) in [7, 11) is 0. The lowest BCUT2D eigenvalue weighted by Crippen LogP contribution is -2.41. The third-order valence-electron chi connectivity index (χ3n) is 2.70. The number of hydrogen-bond acceptors (Lipinski definition) is 4. The van der Waals surface area contributed by atoms with E-state index >= 15 is 0 Å². The number of aliphatic carboxylic acids is 2. The van der Waals surface area contributed by atoms with Crippen LogP contribution < -0.4 is 10.2 Å². The lowest BCUT2D eigenvalue weighted by Gasteiger charge is -2.20. The van der Waals surface area contributed by atoms with Crippen LogP contribution in [-0.4, -0.2) is 11.9 Å². The Balaban J connectivity index is 2.87. The van der Waals surface area contributed by atoms with Gasteiger partial charge in [0.25, 0.3) is 0 Å². The molecular formula is C7H8O4-2. The van der Waals surface area contributed by atoms with Gasteiger partial charge >= 0.3 is 0 Å². The Hall–Kier alpha value is -1.06. The zero-order chi connectivity index (χ0) is 8.86. The van der Waals surface area contributed by atoms with Crippen molar-refractivity contribution in [3.05, 3.63) is 0 Å². The first-order chi connectivity index (χ1) is 4.84. The zero-order valence-corrected chi connectivity index (χ0v) is 6.34. The second kappa shape index (κ2) is 1.75. The molecule has 0 aromatic carbocycles. The number of hydrogen-bond donors (Lipinski definition) is 0. The number of carboxylic acid groups (broad SMARTS) is 2. The topological polar surface area (TPSA) is 80.3 Å². The second-order valence-electron chi connectivity index (χ2n) is 3.42. The normalized spacial score (nSPS) is 41.6. The van der Waals surface area contributed by atoms with Gasteiger partial charge in [-0.15, -0.1) is 0 Å². The van der Waals surface area contributed by atoms with E-state index in [1.165, 1.54) is 13.8 Å². The predicted octanol–water partition coefficient (Wildman–Crippen LogP) is -2.10. The van der Waals surface area contributed by atoms with Crippen molar-refractivity contribution < 1.29 is 19.8 Å². The van der Waals surface area contributed by atoms with Crippen molar-refractivity contribution in [1.29, 1.82) is 0 Å². The third-order valence-corrected chi connectivity index (χ3v) is 2.70. The minimum absolute atomic E-state index is 0.102. The first kappa shape index (κ1) is 8.04. The Morgan fingerprint density at radius 2 is 1.36 bits per heavy atom. The van der Waals surface area contributed by atoms with Crippen LogP contribution in [0.25, 0.3) is 0 Å². The SMILES string of the molecule is C[C@@]1(C(=O)[O-])C[C@]1(C)C(=O)[O-]. The molecule has 0 saturated heterocycles. The van der Waals surface area contributed by atoms with Gasteiger partial charge < -0.3 is 19.8 Å². The average Bonchev–Trinajstić information content (AvgIpc) is 2.39. The van der Waals surface area contributed by atoms with Crippen LogP contribution in [0.4, 0.5) is 0 Å². The van der Waals surface area contributed by atoms with Gasteiger partial charge in [-0.25, -0.2) is 0 Å². The molecule has 0 bridgehead atoms. The molecule has 1 aliphatic carbocycles. The zero-order valence-electron chi connectivity index (χ0n) is 6.34. The van der Waals surface area contributed by atoms with Gasteiger partial charge in [-0.2, -0.15) is 0 Å². The molecule has 0 aromatic rings. The molecule has 0 spiro atoms. The van der Waals surface area contributed by atoms with Gasteiger partial charge in [0.05, 0.1) is 0 Å². The van der Waals surface area contributed by atoms with Crippen molar-refractivity contribution in [2.75, 3.05) is 0 Å². The van der Waals surface area contributed by atoms with Gasteiger partial charge in [0.15, 0.2) is 0 Å². The molecule has 0 unspecified atom stereocenters. The van der Waals surface area contributed by atoms with Crippen LogP contribution >= 0.6 is 0 Å². The van der Waals surface area contributed by atoms with Crippen LogP contribution in [0.3, 0.4) is 0 Å². The van der Waals surface area contributed by atoms with Gasteiger partial charge in [0.1, 0.15) is 0 Å². The molecule has 1 rings (SSSR count). The van der Waals surface area contributed by atoms with E-state index in [4.69, 9.17) is 0 Å². The standard InChI is InChI=1S/C7H10O4/c1-6(4(8)9)3-7(6,2)5(10)11/h3H2,1-2H3,(H,8,9)(H,10,11)/p-2/t6-,7+. The highest BCUT2D eigenvalue weighted by atomic mass is 16.4. The molecule has 0 N–H and O–H groups in total. The van der Waals surface area contributed by atoms with E-state index in [0.29, 0.717) is 0 Å². The minimum atomic E-state index is -1.32. The highest BCUT2D eigenvalue weighted by molar-refractivity contribution is 5.90. The van der Waals surface area contributed by atoms with Crippen molar-refractivity contribution in [1.82, 2.24) is 0 Å². The molecule has 11 heavy (non-hydrogen) atoms. The molecule has 4 nitrogen and oxygen atoms in total. The van der Waals surface area contributed by atoms with E-state index in [2.05, 4.69) is 0 Å². The summed E-state index contributed by atoms with van der Waals surface area (Å²) in [4.78, 5) is 20.8. The molecule has 62 valence electrons. The lowest BCUT2D eigenvalue weighted by atomic mass is 9.97. The summed E-state index contributed by atoms with van der Waals surface area (Å²) in [5.74, 6) is -2.63. The highest BCUT2D eigenvalue weighted by Gasteiger charge is 2.63. The fraction of sp³-hybridized carbons (Fsp3) is 0.714. The van der Waals surface area contributed by atoms with Crippen LogP contribution in [-0.2, 0) is 9.59 Å². The summed E-state index contributed by atoms with van der Waals surface area (Å²) in [6.07, 6.45) is 0.102. The summed E-state index contributed by atoms with van der Waals surface area (Å²) < 4.78 is 0. The van der Waals surface area contributed by atoms with E-state index in [1.807, 2.05) is 0 Å². The minimum Gasteiger partial charge on any atom is -0.550 e. The number of carbonyl (C=O) groups excluding carboxylic acids is 2. The molecule has 0 amide bonds. The molecule has 1 fully saturated rings. The van der Waals surface area contributed by atoms with Crippen LogP contribution in [0.15, 0.2) is 0 Å². The van der Waals surface area contributed by atoms with Crippen molar-refractivity contribution in [2.24, 2.45) is 10.8 Å². The maximum atomic E-state index is 10.4. The summed E-state index contributed by atoms with van der Waals surface area (Å²) in [6, 6.07) is 0. The van der Waals surface area contributed by atoms with Crippen LogP contribution in [0, 0.1) is 10.8 Å². The first-order valence-electron chi connectivity index (χ1n) is 3.27. The molecule has 4 heteroatoms. The monoisotopic (exact) mass is 156 g/mol. The molecule has 0 radical (unpaired) electrons. The number of carbonyl (C=O) groups is 2. The van der Waals surface area contributed by atoms with E-state index in [0.717, 1.165) is 0 Å². The van der Waals surface area contributed by atoms with E-state index < -0.39 is 22.8 Å². The molecule has 0 heterocycles. The molecule has 1 aliphatic rings. The van der Waals surface area contributed by atoms with Crippen molar-refractivity contribution in [3.63, 3.8) is 0 Å². The molecule has 0 aromatic heterocycles. The Morgan fingerprint density at radius 1 is 1.09 bits per heavy atom. The molecule has 2 atom stereocenters. The highest BCUT2D eigenvalue weighted by Crippen LogP contribution is 2.62. The summed E-state index contributed by atoms with van der Waals surface area (Å²) in [5, 5.41) is 20.8. The smallest absolute Gasteiger partial charge is 0.0483 e. The quantitative estimate of drug-likeness (QED) is 0.458. The van der Waals surface area contributed by atoms with E-state index in [-0.39, 0.29) is 6.42 Å². The Morgan fingerprint density at radius 3 is 1.45 bits per heavy atom. The van der Waals surface area contributed by atoms with E-state index in [9.17, 15) is 19.8 Å². The maximum Gasteiger partial charge on any atom is 0.0483 e. The molecule has 1 saturated carbocycles. The Labute approximate surface area is 63.8 Å². The van der Waals surface area contributed by atoms with Gasteiger partial charge in [-0.1, -0.05) is 13.8 Å². The Kier molecular flexibility index (Phi) is 1.28. The average molecular weight is 156 g/mol. The van der Waals surface area contributed by atoms with Gasteiger partial charge in [0, 0.05) is 22.8 Å². The largest absolute Gasteiger partial charge is 0.550 e. The lowest BCUT2D eigenvalue weighted by molar-refractivity contribution is -0.325. The first-order valence-corrected chi connectivity index (χ1v) is 3.27. The van der Waals surface area contributed by atoms with Gasteiger partial charge in [-0.05, 0) is 6.42 Å². The van der Waals surface area contributed by atoms with Gasteiger partial charge in [-0.3, -0.25) is 0 Å². The van der Waals surface area contributed by atoms with Crippen LogP contribution in [0.5, 0.6) is 0 Å².